The number of hydrogen-bond acceptors (Lipinski definition) is 2. The van der Waals surface area contributed by atoms with Crippen molar-refractivity contribution < 1.29 is 9.90 Å². The molecular weight excluding hydrogens is 298 g/mol. The summed E-state index contributed by atoms with van der Waals surface area (Å²) >= 11 is 0. The minimum absolute atomic E-state index is 0.0601. The summed E-state index contributed by atoms with van der Waals surface area (Å²) in [5.41, 5.74) is -1.01. The molecule has 1 N–H and O–H groups in total. The summed E-state index contributed by atoms with van der Waals surface area (Å²) in [4.78, 5) is 13.5. The van der Waals surface area contributed by atoms with Gasteiger partial charge in [-0.1, -0.05) is 90.9 Å². The Hall–Kier alpha value is -0.570. The lowest BCUT2D eigenvalue weighted by molar-refractivity contribution is -0.152. The SMILES string of the molecule is CCCCCCCCCCCCCCCC(=O)N(C)C(C)(O)CC. The fraction of sp³-hybridized carbons (Fsp3) is 0.952. The number of carbonyl (C=O) groups excluding carboxylic acids is 1. The van der Waals surface area contributed by atoms with Gasteiger partial charge in [0.05, 0.1) is 0 Å². The van der Waals surface area contributed by atoms with Crippen molar-refractivity contribution in [1.29, 1.82) is 0 Å². The highest BCUT2D eigenvalue weighted by molar-refractivity contribution is 5.76. The number of unbranched alkanes of at least 4 members (excludes halogenated alkanes) is 12. The highest BCUT2D eigenvalue weighted by Crippen LogP contribution is 2.17. The second-order valence-corrected chi connectivity index (χ2v) is 7.52. The summed E-state index contributed by atoms with van der Waals surface area (Å²) in [5, 5.41) is 10.1. The molecule has 0 bridgehead atoms. The van der Waals surface area contributed by atoms with Gasteiger partial charge in [0.1, 0.15) is 5.72 Å². The first-order valence-electron chi connectivity index (χ1n) is 10.4. The monoisotopic (exact) mass is 341 g/mol. The van der Waals surface area contributed by atoms with Gasteiger partial charge in [0, 0.05) is 13.5 Å². The van der Waals surface area contributed by atoms with Crippen LogP contribution in [0.2, 0.25) is 0 Å². The Bertz CT molecular complexity index is 302. The van der Waals surface area contributed by atoms with Crippen molar-refractivity contribution in [2.24, 2.45) is 0 Å². The summed E-state index contributed by atoms with van der Waals surface area (Å²) in [6.07, 6.45) is 18.2. The van der Waals surface area contributed by atoms with Crippen LogP contribution in [0.4, 0.5) is 0 Å². The summed E-state index contributed by atoms with van der Waals surface area (Å²) < 4.78 is 0. The number of amides is 1. The third kappa shape index (κ3) is 11.9. The van der Waals surface area contributed by atoms with E-state index in [1.165, 1.54) is 75.5 Å². The van der Waals surface area contributed by atoms with E-state index < -0.39 is 5.72 Å². The van der Waals surface area contributed by atoms with Crippen LogP contribution in [0.5, 0.6) is 0 Å². The molecule has 0 aliphatic heterocycles. The van der Waals surface area contributed by atoms with Gasteiger partial charge in [-0.3, -0.25) is 4.79 Å². The van der Waals surface area contributed by atoms with Crippen LogP contribution in [0.3, 0.4) is 0 Å². The topological polar surface area (TPSA) is 40.5 Å². The highest BCUT2D eigenvalue weighted by atomic mass is 16.3. The normalized spacial score (nSPS) is 13.7. The molecule has 0 rings (SSSR count). The van der Waals surface area contributed by atoms with Crippen LogP contribution in [-0.2, 0) is 4.79 Å². The van der Waals surface area contributed by atoms with E-state index in [4.69, 9.17) is 0 Å². The van der Waals surface area contributed by atoms with E-state index >= 15 is 0 Å². The van der Waals surface area contributed by atoms with Crippen molar-refractivity contribution in [3.05, 3.63) is 0 Å². The molecule has 0 aromatic heterocycles. The zero-order valence-corrected chi connectivity index (χ0v) is 16.9. The Balaban J connectivity index is 3.38. The first-order chi connectivity index (χ1) is 11.5. The molecule has 0 radical (unpaired) electrons. The molecule has 0 saturated heterocycles. The van der Waals surface area contributed by atoms with Crippen LogP contribution < -0.4 is 0 Å². The number of carbonyl (C=O) groups is 1. The van der Waals surface area contributed by atoms with Crippen LogP contribution in [0.1, 0.15) is 117 Å². The lowest BCUT2D eigenvalue weighted by Crippen LogP contribution is -2.46. The minimum Gasteiger partial charge on any atom is -0.371 e. The molecule has 24 heavy (non-hydrogen) atoms. The first-order valence-corrected chi connectivity index (χ1v) is 10.4. The highest BCUT2D eigenvalue weighted by Gasteiger charge is 2.27. The van der Waals surface area contributed by atoms with E-state index in [9.17, 15) is 9.90 Å². The maximum Gasteiger partial charge on any atom is 0.224 e. The van der Waals surface area contributed by atoms with Gasteiger partial charge >= 0.3 is 0 Å². The van der Waals surface area contributed by atoms with Crippen molar-refractivity contribution in [3.8, 4) is 0 Å². The second-order valence-electron chi connectivity index (χ2n) is 7.52. The first kappa shape index (κ1) is 23.4. The maximum absolute atomic E-state index is 12.0. The van der Waals surface area contributed by atoms with Gasteiger partial charge in [0.25, 0.3) is 0 Å². The van der Waals surface area contributed by atoms with Gasteiger partial charge in [-0.25, -0.2) is 0 Å². The summed E-state index contributed by atoms with van der Waals surface area (Å²) in [6.45, 7) is 5.87. The fourth-order valence-corrected chi connectivity index (χ4v) is 2.97. The number of hydrogen-bond donors (Lipinski definition) is 1. The van der Waals surface area contributed by atoms with E-state index in [-0.39, 0.29) is 5.91 Å². The summed E-state index contributed by atoms with van der Waals surface area (Å²) in [7, 11) is 1.70. The molecular formula is C21H43NO2. The fourth-order valence-electron chi connectivity index (χ4n) is 2.97. The molecule has 1 amide bonds. The molecule has 0 spiro atoms. The van der Waals surface area contributed by atoms with Crippen LogP contribution in [0.25, 0.3) is 0 Å². The van der Waals surface area contributed by atoms with Gasteiger partial charge in [-0.2, -0.15) is 0 Å². The Labute approximate surface area is 151 Å². The Morgan fingerprint density at radius 2 is 1.17 bits per heavy atom. The summed E-state index contributed by atoms with van der Waals surface area (Å²) in [6, 6.07) is 0. The number of nitrogens with zero attached hydrogens (tertiary/aromatic N) is 1. The molecule has 0 fully saturated rings. The van der Waals surface area contributed by atoms with Crippen LogP contribution in [-0.4, -0.2) is 28.7 Å². The molecule has 0 saturated carbocycles. The molecule has 3 nitrogen and oxygen atoms in total. The van der Waals surface area contributed by atoms with E-state index in [0.717, 1.165) is 12.8 Å². The number of rotatable bonds is 16. The quantitative estimate of drug-likeness (QED) is 0.274. The van der Waals surface area contributed by atoms with E-state index in [1.54, 1.807) is 14.0 Å². The van der Waals surface area contributed by atoms with E-state index in [2.05, 4.69) is 6.92 Å². The largest absolute Gasteiger partial charge is 0.371 e. The van der Waals surface area contributed by atoms with Gasteiger partial charge < -0.3 is 10.0 Å². The van der Waals surface area contributed by atoms with Gasteiger partial charge in [-0.05, 0) is 19.8 Å². The van der Waals surface area contributed by atoms with E-state index in [1.807, 2.05) is 6.92 Å². The smallest absolute Gasteiger partial charge is 0.224 e. The second kappa shape index (κ2) is 14.7. The summed E-state index contributed by atoms with van der Waals surface area (Å²) in [5.74, 6) is 0.0601. The lowest BCUT2D eigenvalue weighted by Gasteiger charge is -2.33. The third-order valence-corrected chi connectivity index (χ3v) is 5.26. The Morgan fingerprint density at radius 1 is 0.792 bits per heavy atom. The van der Waals surface area contributed by atoms with Gasteiger partial charge in [0.2, 0.25) is 5.91 Å². The molecule has 0 aliphatic carbocycles. The maximum atomic E-state index is 12.0. The van der Waals surface area contributed by atoms with Gasteiger partial charge in [0.15, 0.2) is 0 Å². The molecule has 0 aromatic carbocycles. The van der Waals surface area contributed by atoms with Crippen molar-refractivity contribution in [2.75, 3.05) is 7.05 Å². The van der Waals surface area contributed by atoms with Crippen molar-refractivity contribution in [3.63, 3.8) is 0 Å². The average Bonchev–Trinajstić information content (AvgIpc) is 2.58. The molecule has 1 atom stereocenters. The van der Waals surface area contributed by atoms with Crippen LogP contribution in [0.15, 0.2) is 0 Å². The number of aliphatic hydroxyl groups is 1. The molecule has 144 valence electrons. The van der Waals surface area contributed by atoms with Crippen LogP contribution >= 0.6 is 0 Å². The standard InChI is InChI=1S/C21H43NO2/c1-5-7-8-9-10-11-12-13-14-15-16-17-18-19-20(23)22(4)21(3,24)6-2/h24H,5-19H2,1-4H3. The molecule has 0 aliphatic rings. The predicted octanol–water partition coefficient (Wildman–Crippen LogP) is 6.04. The predicted molar refractivity (Wildman–Crippen MR) is 104 cm³/mol. The van der Waals surface area contributed by atoms with Crippen molar-refractivity contribution in [2.45, 2.75) is 123 Å². The minimum atomic E-state index is -1.01. The molecule has 0 heterocycles. The third-order valence-electron chi connectivity index (χ3n) is 5.26. The Kier molecular flexibility index (Phi) is 14.4. The molecule has 1 unspecified atom stereocenters. The molecule has 3 heteroatoms. The zero-order chi connectivity index (χ0) is 18.3. The van der Waals surface area contributed by atoms with Crippen LogP contribution in [0, 0.1) is 0 Å². The Morgan fingerprint density at radius 3 is 1.54 bits per heavy atom. The lowest BCUT2D eigenvalue weighted by atomic mass is 10.0. The van der Waals surface area contributed by atoms with Crippen molar-refractivity contribution >= 4 is 5.91 Å². The zero-order valence-electron chi connectivity index (χ0n) is 16.9. The average molecular weight is 342 g/mol. The van der Waals surface area contributed by atoms with Crippen molar-refractivity contribution in [1.82, 2.24) is 4.90 Å². The molecule has 0 aromatic rings. The van der Waals surface area contributed by atoms with E-state index in [0.29, 0.717) is 12.8 Å². The van der Waals surface area contributed by atoms with Gasteiger partial charge in [-0.15, -0.1) is 0 Å².